The van der Waals surface area contributed by atoms with Gasteiger partial charge in [-0.2, -0.15) is 0 Å². The molecular weight excluding hydrogens is 434 g/mol. The third kappa shape index (κ3) is 15.6. The van der Waals surface area contributed by atoms with E-state index < -0.39 is 11.7 Å². The second-order valence-corrected chi connectivity index (χ2v) is 9.83. The van der Waals surface area contributed by atoms with Crippen molar-refractivity contribution in [3.05, 3.63) is 60.2 Å². The Kier molecular flexibility index (Phi) is 18.0. The highest BCUT2D eigenvalue weighted by Gasteiger charge is 2.34. The summed E-state index contributed by atoms with van der Waals surface area (Å²) < 4.78 is 6.41. The number of carboxylic acids is 1. The second kappa shape index (κ2) is 20.3. The van der Waals surface area contributed by atoms with Gasteiger partial charge >= 0.3 is 5.97 Å². The van der Waals surface area contributed by atoms with Crippen LogP contribution in [0.4, 0.5) is 0 Å². The first kappa shape index (κ1) is 31.1. The van der Waals surface area contributed by atoms with Gasteiger partial charge in [-0.05, 0) is 58.2 Å². The maximum Gasteiger partial charge on any atom is 0.303 e. The minimum Gasteiger partial charge on any atom is -0.481 e. The number of hydrogen-bond acceptors (Lipinski definition) is 3. The highest BCUT2D eigenvalue weighted by atomic mass is 16.5. The average molecular weight is 486 g/mol. The monoisotopic (exact) mass is 485 g/mol. The van der Waals surface area contributed by atoms with Gasteiger partial charge in [-0.1, -0.05) is 100 Å². The third-order valence-corrected chi connectivity index (χ3v) is 6.58. The molecule has 0 saturated carbocycles. The Balaban J connectivity index is 2.23. The molecule has 0 aromatic heterocycles. The number of ether oxygens (including phenoxy) is 1. The number of rotatable bonds is 22. The molecule has 198 valence electrons. The van der Waals surface area contributed by atoms with Gasteiger partial charge in [0.15, 0.2) is 0 Å². The molecule has 1 unspecified atom stereocenters. The molecule has 0 spiro atoms. The molecule has 1 aromatic carbocycles. The van der Waals surface area contributed by atoms with Gasteiger partial charge in [0, 0.05) is 25.9 Å². The van der Waals surface area contributed by atoms with Crippen LogP contribution in [0.25, 0.3) is 0 Å². The van der Waals surface area contributed by atoms with Crippen molar-refractivity contribution in [3.8, 4) is 0 Å². The molecule has 0 aliphatic rings. The quantitative estimate of drug-likeness (QED) is 0.102. The van der Waals surface area contributed by atoms with E-state index in [2.05, 4.69) is 48.3 Å². The zero-order valence-corrected chi connectivity index (χ0v) is 22.7. The summed E-state index contributed by atoms with van der Waals surface area (Å²) in [5, 5.41) is 9.26. The van der Waals surface area contributed by atoms with Crippen LogP contribution in [0.1, 0.15) is 102 Å². The lowest BCUT2D eigenvalue weighted by atomic mass is 9.96. The van der Waals surface area contributed by atoms with E-state index in [4.69, 9.17) is 4.74 Å². The Labute approximate surface area is 215 Å². The molecule has 0 heterocycles. The number of unbranched alkanes of at least 4 members (excludes halogenated alkanes) is 9. The van der Waals surface area contributed by atoms with E-state index in [-0.39, 0.29) is 6.42 Å². The molecule has 1 rings (SSSR count). The van der Waals surface area contributed by atoms with Crippen molar-refractivity contribution < 1.29 is 14.6 Å². The van der Waals surface area contributed by atoms with Gasteiger partial charge in [-0.25, -0.2) is 0 Å². The van der Waals surface area contributed by atoms with Crippen LogP contribution < -0.4 is 0 Å². The van der Waals surface area contributed by atoms with Crippen LogP contribution in [-0.2, 0) is 16.0 Å². The lowest BCUT2D eigenvalue weighted by Crippen LogP contribution is -2.49. The van der Waals surface area contributed by atoms with Crippen LogP contribution in [0.15, 0.2) is 54.6 Å². The summed E-state index contributed by atoms with van der Waals surface area (Å²) in [5.74, 6) is -0.776. The summed E-state index contributed by atoms with van der Waals surface area (Å²) in [5.41, 5.74) is 0.583. The highest BCUT2D eigenvalue weighted by Crippen LogP contribution is 2.27. The topological polar surface area (TPSA) is 49.8 Å². The van der Waals surface area contributed by atoms with Gasteiger partial charge in [-0.3, -0.25) is 9.69 Å². The summed E-state index contributed by atoms with van der Waals surface area (Å²) in [6.07, 6.45) is 25.2. The minimum atomic E-state index is -0.776. The highest BCUT2D eigenvalue weighted by molar-refractivity contribution is 5.66. The molecule has 1 N–H and O–H groups in total. The molecule has 1 aromatic rings. The van der Waals surface area contributed by atoms with Crippen LogP contribution in [0.3, 0.4) is 0 Å². The van der Waals surface area contributed by atoms with Crippen molar-refractivity contribution in [2.45, 2.75) is 109 Å². The van der Waals surface area contributed by atoms with Crippen molar-refractivity contribution in [1.82, 2.24) is 4.90 Å². The van der Waals surface area contributed by atoms with Crippen LogP contribution >= 0.6 is 0 Å². The van der Waals surface area contributed by atoms with Crippen molar-refractivity contribution in [2.24, 2.45) is 0 Å². The molecule has 1 atom stereocenters. The standard InChI is InChI=1S/C31H51NO3/c1-4-5-6-7-8-9-10-11-12-13-14-15-16-17-18-22-27-35-31(32(2)3,26-25-30(33)34)28-29-23-20-19-21-24-29/h8-9,11-12,19-21,23-24H,4-7,10,13-18,22,25-28H2,1-3H3,(H,33,34)/b9-8-,12-11-. The normalized spacial score (nSPS) is 13.7. The number of carbonyl (C=O) groups is 1. The SMILES string of the molecule is CCCCC/C=C\C/C=C\CCCCCCCCOC(CCC(=O)O)(Cc1ccccc1)N(C)C. The number of likely N-dealkylation sites (N-methyl/N-ethyl adjacent to an activating group) is 1. The molecule has 0 bridgehead atoms. The number of hydrogen-bond donors (Lipinski definition) is 1. The van der Waals surface area contributed by atoms with Crippen LogP contribution in [0, 0.1) is 0 Å². The van der Waals surface area contributed by atoms with Crippen LogP contribution in [0.2, 0.25) is 0 Å². The van der Waals surface area contributed by atoms with Crippen molar-refractivity contribution in [1.29, 1.82) is 0 Å². The summed E-state index contributed by atoms with van der Waals surface area (Å²) in [6.45, 7) is 2.91. The van der Waals surface area contributed by atoms with Gasteiger partial charge in [0.2, 0.25) is 0 Å². The smallest absolute Gasteiger partial charge is 0.303 e. The van der Waals surface area contributed by atoms with Crippen molar-refractivity contribution in [3.63, 3.8) is 0 Å². The fourth-order valence-corrected chi connectivity index (χ4v) is 4.29. The van der Waals surface area contributed by atoms with Crippen molar-refractivity contribution in [2.75, 3.05) is 20.7 Å². The Morgan fingerprint density at radius 3 is 2.09 bits per heavy atom. The first-order valence-corrected chi connectivity index (χ1v) is 13.9. The van der Waals surface area contributed by atoms with E-state index in [0.717, 1.165) is 19.3 Å². The Morgan fingerprint density at radius 2 is 1.49 bits per heavy atom. The summed E-state index contributed by atoms with van der Waals surface area (Å²) in [6, 6.07) is 10.2. The fourth-order valence-electron chi connectivity index (χ4n) is 4.29. The predicted octanol–water partition coefficient (Wildman–Crippen LogP) is 8.18. The number of nitrogens with zero attached hydrogens (tertiary/aromatic N) is 1. The van der Waals surface area contributed by atoms with Gasteiger partial charge in [0.05, 0.1) is 0 Å². The summed E-state index contributed by atoms with van der Waals surface area (Å²) in [7, 11) is 3.98. The zero-order valence-electron chi connectivity index (χ0n) is 22.7. The maximum atomic E-state index is 11.3. The Morgan fingerprint density at radius 1 is 0.886 bits per heavy atom. The third-order valence-electron chi connectivity index (χ3n) is 6.58. The van der Waals surface area contributed by atoms with Gasteiger partial charge in [-0.15, -0.1) is 0 Å². The Bertz CT molecular complexity index is 698. The van der Waals surface area contributed by atoms with E-state index in [0.29, 0.717) is 19.4 Å². The molecule has 0 amide bonds. The van der Waals surface area contributed by atoms with Crippen LogP contribution in [-0.4, -0.2) is 42.4 Å². The largest absolute Gasteiger partial charge is 0.481 e. The molecule has 0 fully saturated rings. The molecule has 4 heteroatoms. The predicted molar refractivity (Wildman–Crippen MR) is 149 cm³/mol. The molecule has 4 nitrogen and oxygen atoms in total. The van der Waals surface area contributed by atoms with Crippen molar-refractivity contribution >= 4 is 5.97 Å². The average Bonchev–Trinajstić information content (AvgIpc) is 2.84. The van der Waals surface area contributed by atoms with Gasteiger partial charge in [0.25, 0.3) is 0 Å². The van der Waals surface area contributed by atoms with E-state index in [1.807, 2.05) is 32.3 Å². The lowest BCUT2D eigenvalue weighted by Gasteiger charge is -2.40. The molecule has 0 aliphatic carbocycles. The Hall–Kier alpha value is -1.91. The molecule has 0 radical (unpaired) electrons. The zero-order chi connectivity index (χ0) is 25.6. The van der Waals surface area contributed by atoms with Gasteiger partial charge < -0.3 is 9.84 Å². The van der Waals surface area contributed by atoms with E-state index in [9.17, 15) is 9.90 Å². The maximum absolute atomic E-state index is 11.3. The summed E-state index contributed by atoms with van der Waals surface area (Å²) >= 11 is 0. The molecule has 0 aliphatic heterocycles. The van der Waals surface area contributed by atoms with Crippen LogP contribution in [0.5, 0.6) is 0 Å². The number of carboxylic acid groups (broad SMARTS) is 1. The van der Waals surface area contributed by atoms with Gasteiger partial charge in [0.1, 0.15) is 5.72 Å². The van der Waals surface area contributed by atoms with E-state index in [1.54, 1.807) is 0 Å². The first-order valence-electron chi connectivity index (χ1n) is 13.9. The molecular formula is C31H51NO3. The van der Waals surface area contributed by atoms with E-state index >= 15 is 0 Å². The molecule has 35 heavy (non-hydrogen) atoms. The second-order valence-electron chi connectivity index (χ2n) is 9.83. The van der Waals surface area contributed by atoms with E-state index in [1.165, 1.54) is 63.4 Å². The number of aliphatic carboxylic acids is 1. The number of allylic oxidation sites excluding steroid dienone is 4. The fraction of sp³-hybridized carbons (Fsp3) is 0.645. The first-order chi connectivity index (χ1) is 17.0. The summed E-state index contributed by atoms with van der Waals surface area (Å²) in [4.78, 5) is 13.3. The molecule has 0 saturated heterocycles. The lowest BCUT2D eigenvalue weighted by molar-refractivity contribution is -0.155. The number of benzene rings is 1. The minimum absolute atomic E-state index is 0.106.